The molecule has 4 nitrogen and oxygen atoms in total. The number of aromatic nitrogens is 2. The van der Waals surface area contributed by atoms with Crippen LogP contribution in [0.4, 0.5) is 5.95 Å². The lowest BCUT2D eigenvalue weighted by atomic mass is 10.3. The molecule has 0 saturated carbocycles. The zero-order valence-corrected chi connectivity index (χ0v) is 12.3. The third-order valence-electron chi connectivity index (χ3n) is 2.77. The van der Waals surface area contributed by atoms with E-state index in [9.17, 15) is 0 Å². The fraction of sp³-hybridized carbons (Fsp3) is 0.357. The Balaban J connectivity index is 2.22. The standard InChI is InChI=1S/C14H19N3OS/c1-11-10-17(14(16-11)15-8-9-18-2)12-4-6-13(19-3)7-5-12/h4-7,10H,8-9H2,1-3H3,(H,15,16). The van der Waals surface area contributed by atoms with Gasteiger partial charge in [-0.25, -0.2) is 4.98 Å². The number of imidazole rings is 1. The molecule has 0 unspecified atom stereocenters. The predicted octanol–water partition coefficient (Wildman–Crippen LogP) is 2.96. The van der Waals surface area contributed by atoms with Gasteiger partial charge in [-0.05, 0) is 37.4 Å². The zero-order valence-electron chi connectivity index (χ0n) is 11.5. The van der Waals surface area contributed by atoms with Crippen LogP contribution in [0.2, 0.25) is 0 Å². The third kappa shape index (κ3) is 3.52. The van der Waals surface area contributed by atoms with E-state index >= 15 is 0 Å². The number of rotatable bonds is 6. The molecule has 0 amide bonds. The highest BCUT2D eigenvalue weighted by molar-refractivity contribution is 7.98. The maximum Gasteiger partial charge on any atom is 0.207 e. The summed E-state index contributed by atoms with van der Waals surface area (Å²) in [6.45, 7) is 3.40. The summed E-state index contributed by atoms with van der Waals surface area (Å²) in [6.07, 6.45) is 4.11. The second-order valence-electron chi connectivity index (χ2n) is 4.19. The molecule has 0 aliphatic carbocycles. The van der Waals surface area contributed by atoms with E-state index in [1.165, 1.54) is 4.90 Å². The summed E-state index contributed by atoms with van der Waals surface area (Å²) in [7, 11) is 1.69. The average Bonchev–Trinajstić information content (AvgIpc) is 2.80. The second kappa shape index (κ2) is 6.63. The van der Waals surface area contributed by atoms with E-state index in [1.807, 2.05) is 13.1 Å². The van der Waals surface area contributed by atoms with Crippen LogP contribution in [0.3, 0.4) is 0 Å². The normalized spacial score (nSPS) is 10.7. The number of benzene rings is 1. The molecule has 0 atom stereocenters. The Morgan fingerprint density at radius 1 is 1.32 bits per heavy atom. The molecular weight excluding hydrogens is 258 g/mol. The Bertz CT molecular complexity index is 522. The maximum atomic E-state index is 5.04. The molecule has 2 rings (SSSR count). The molecule has 0 spiro atoms. The highest BCUT2D eigenvalue weighted by atomic mass is 32.2. The molecule has 1 aromatic carbocycles. The van der Waals surface area contributed by atoms with Crippen molar-refractivity contribution in [2.45, 2.75) is 11.8 Å². The van der Waals surface area contributed by atoms with Crippen molar-refractivity contribution in [2.24, 2.45) is 0 Å². The lowest BCUT2D eigenvalue weighted by Gasteiger charge is -2.09. The molecule has 1 aromatic heterocycles. The van der Waals surface area contributed by atoms with E-state index in [-0.39, 0.29) is 0 Å². The van der Waals surface area contributed by atoms with Crippen LogP contribution in [-0.4, -0.2) is 36.1 Å². The van der Waals surface area contributed by atoms with Gasteiger partial charge >= 0.3 is 0 Å². The van der Waals surface area contributed by atoms with E-state index in [4.69, 9.17) is 4.74 Å². The SMILES string of the molecule is COCCNc1nc(C)cn1-c1ccc(SC)cc1. The topological polar surface area (TPSA) is 39.1 Å². The van der Waals surface area contributed by atoms with Gasteiger partial charge in [0.2, 0.25) is 5.95 Å². The molecule has 5 heteroatoms. The number of hydrogen-bond acceptors (Lipinski definition) is 4. The summed E-state index contributed by atoms with van der Waals surface area (Å²) in [5, 5.41) is 3.28. The minimum atomic E-state index is 0.664. The first-order valence-electron chi connectivity index (χ1n) is 6.18. The summed E-state index contributed by atoms with van der Waals surface area (Å²) < 4.78 is 7.11. The molecule has 0 fully saturated rings. The van der Waals surface area contributed by atoms with Gasteiger partial charge in [0.15, 0.2) is 0 Å². The average molecular weight is 277 g/mol. The van der Waals surface area contributed by atoms with Gasteiger partial charge in [0.25, 0.3) is 0 Å². The van der Waals surface area contributed by atoms with Crippen molar-refractivity contribution < 1.29 is 4.74 Å². The van der Waals surface area contributed by atoms with Crippen LogP contribution < -0.4 is 5.32 Å². The van der Waals surface area contributed by atoms with Gasteiger partial charge in [-0.15, -0.1) is 11.8 Å². The first kappa shape index (κ1) is 14.0. The van der Waals surface area contributed by atoms with Gasteiger partial charge in [-0.1, -0.05) is 0 Å². The zero-order chi connectivity index (χ0) is 13.7. The minimum absolute atomic E-state index is 0.664. The van der Waals surface area contributed by atoms with Crippen LogP contribution in [0.15, 0.2) is 35.4 Å². The molecular formula is C14H19N3OS. The van der Waals surface area contributed by atoms with Crippen molar-refractivity contribution in [3.8, 4) is 5.69 Å². The fourth-order valence-electron chi connectivity index (χ4n) is 1.83. The van der Waals surface area contributed by atoms with Crippen LogP contribution in [0.5, 0.6) is 0 Å². The monoisotopic (exact) mass is 277 g/mol. The Labute approximate surface area is 118 Å². The summed E-state index contributed by atoms with van der Waals surface area (Å²) >= 11 is 1.74. The van der Waals surface area contributed by atoms with Crippen molar-refractivity contribution in [1.82, 2.24) is 9.55 Å². The summed E-state index contributed by atoms with van der Waals surface area (Å²) in [5.74, 6) is 0.853. The quantitative estimate of drug-likeness (QED) is 0.651. The number of hydrogen-bond donors (Lipinski definition) is 1. The van der Waals surface area contributed by atoms with Gasteiger partial charge in [-0.2, -0.15) is 0 Å². The lowest BCUT2D eigenvalue weighted by molar-refractivity contribution is 0.210. The first-order valence-corrected chi connectivity index (χ1v) is 7.40. The highest BCUT2D eigenvalue weighted by Crippen LogP contribution is 2.20. The number of aryl methyl sites for hydroxylation is 1. The summed E-state index contributed by atoms with van der Waals surface area (Å²) in [6, 6.07) is 8.45. The largest absolute Gasteiger partial charge is 0.383 e. The number of nitrogens with one attached hydrogen (secondary N) is 1. The second-order valence-corrected chi connectivity index (χ2v) is 5.07. The van der Waals surface area contributed by atoms with E-state index in [0.29, 0.717) is 6.61 Å². The molecule has 2 aromatic rings. The van der Waals surface area contributed by atoms with Gasteiger partial charge < -0.3 is 10.1 Å². The Morgan fingerprint density at radius 2 is 2.05 bits per heavy atom. The Kier molecular flexibility index (Phi) is 4.87. The van der Waals surface area contributed by atoms with Gasteiger partial charge in [-0.3, -0.25) is 4.57 Å². The third-order valence-corrected chi connectivity index (χ3v) is 3.51. The van der Waals surface area contributed by atoms with Gasteiger partial charge in [0.05, 0.1) is 12.3 Å². The number of anilines is 1. The smallest absolute Gasteiger partial charge is 0.207 e. The van der Waals surface area contributed by atoms with Gasteiger partial charge in [0, 0.05) is 30.4 Å². The molecule has 0 aliphatic heterocycles. The van der Waals surface area contributed by atoms with Crippen molar-refractivity contribution >= 4 is 17.7 Å². The number of nitrogens with zero attached hydrogens (tertiary/aromatic N) is 2. The van der Waals surface area contributed by atoms with E-state index in [2.05, 4.69) is 45.4 Å². The van der Waals surface area contributed by atoms with E-state index < -0.39 is 0 Å². The Hall–Kier alpha value is -1.46. The molecule has 1 heterocycles. The van der Waals surface area contributed by atoms with Crippen molar-refractivity contribution in [3.05, 3.63) is 36.2 Å². The molecule has 19 heavy (non-hydrogen) atoms. The molecule has 0 aliphatic rings. The number of ether oxygens (including phenoxy) is 1. The van der Waals surface area contributed by atoms with Crippen molar-refractivity contribution in [2.75, 3.05) is 31.8 Å². The molecule has 0 saturated heterocycles. The molecule has 0 radical (unpaired) electrons. The summed E-state index contributed by atoms with van der Waals surface area (Å²) in [4.78, 5) is 5.75. The lowest BCUT2D eigenvalue weighted by Crippen LogP contribution is -2.11. The van der Waals surface area contributed by atoms with Crippen LogP contribution >= 0.6 is 11.8 Å². The fourth-order valence-corrected chi connectivity index (χ4v) is 2.24. The minimum Gasteiger partial charge on any atom is -0.383 e. The Morgan fingerprint density at radius 3 is 2.68 bits per heavy atom. The van der Waals surface area contributed by atoms with Crippen LogP contribution in [0.1, 0.15) is 5.69 Å². The van der Waals surface area contributed by atoms with Crippen LogP contribution in [-0.2, 0) is 4.74 Å². The van der Waals surface area contributed by atoms with Gasteiger partial charge in [0.1, 0.15) is 0 Å². The van der Waals surface area contributed by atoms with Crippen LogP contribution in [0.25, 0.3) is 5.69 Å². The molecule has 102 valence electrons. The van der Waals surface area contributed by atoms with E-state index in [1.54, 1.807) is 18.9 Å². The number of methoxy groups -OCH3 is 1. The maximum absolute atomic E-state index is 5.04. The van der Waals surface area contributed by atoms with Crippen LogP contribution in [0, 0.1) is 6.92 Å². The predicted molar refractivity (Wildman–Crippen MR) is 80.4 cm³/mol. The summed E-state index contributed by atoms with van der Waals surface area (Å²) in [5.41, 5.74) is 2.10. The number of thioether (sulfide) groups is 1. The van der Waals surface area contributed by atoms with E-state index in [0.717, 1.165) is 23.9 Å². The van der Waals surface area contributed by atoms with Crippen molar-refractivity contribution in [1.29, 1.82) is 0 Å². The highest BCUT2D eigenvalue weighted by Gasteiger charge is 2.06. The first-order chi connectivity index (χ1) is 9.24. The molecule has 1 N–H and O–H groups in total. The van der Waals surface area contributed by atoms with Crippen molar-refractivity contribution in [3.63, 3.8) is 0 Å². The molecule has 0 bridgehead atoms.